The zero-order valence-corrected chi connectivity index (χ0v) is 10.6. The van der Waals surface area contributed by atoms with Gasteiger partial charge in [0, 0.05) is 0 Å². The van der Waals surface area contributed by atoms with Crippen LogP contribution in [0.4, 0.5) is 5.82 Å². The molecule has 17 heavy (non-hydrogen) atoms. The summed E-state index contributed by atoms with van der Waals surface area (Å²) in [6.07, 6.45) is 4.57. The summed E-state index contributed by atoms with van der Waals surface area (Å²) in [5.74, 6) is 0.529. The largest absolute Gasteiger partial charge is 0.383 e. The summed E-state index contributed by atoms with van der Waals surface area (Å²) in [6.45, 7) is 6.41. The van der Waals surface area contributed by atoms with Crippen LogP contribution >= 0.6 is 0 Å². The molecule has 2 heterocycles. The van der Waals surface area contributed by atoms with Crippen molar-refractivity contribution in [2.24, 2.45) is 0 Å². The Bertz CT molecular complexity index is 517. The Morgan fingerprint density at radius 2 is 2.12 bits per heavy atom. The van der Waals surface area contributed by atoms with Gasteiger partial charge in [0.05, 0.1) is 17.1 Å². The van der Waals surface area contributed by atoms with Crippen LogP contribution in [0.2, 0.25) is 0 Å². The summed E-state index contributed by atoms with van der Waals surface area (Å²) < 4.78 is 1.98. The predicted octanol–water partition coefficient (Wildman–Crippen LogP) is 2.33. The highest BCUT2D eigenvalue weighted by Gasteiger charge is 2.16. The van der Waals surface area contributed by atoms with Gasteiger partial charge in [-0.3, -0.25) is 0 Å². The van der Waals surface area contributed by atoms with Gasteiger partial charge in [-0.05, 0) is 19.8 Å². The number of fused-ring (bicyclic) bond motifs is 1. The molecule has 0 spiro atoms. The maximum absolute atomic E-state index is 5.92. The molecule has 0 amide bonds. The molecule has 2 aromatic heterocycles. The van der Waals surface area contributed by atoms with Crippen LogP contribution in [0.25, 0.3) is 11.0 Å². The average molecular weight is 233 g/mol. The van der Waals surface area contributed by atoms with Crippen LogP contribution in [-0.4, -0.2) is 19.7 Å². The van der Waals surface area contributed by atoms with E-state index in [2.05, 4.69) is 35.8 Å². The third-order valence-corrected chi connectivity index (χ3v) is 3.05. The third kappa shape index (κ3) is 1.97. The molecule has 0 aromatic carbocycles. The van der Waals surface area contributed by atoms with Gasteiger partial charge in [0.15, 0.2) is 5.65 Å². The van der Waals surface area contributed by atoms with Gasteiger partial charge < -0.3 is 5.73 Å². The molecule has 0 aliphatic carbocycles. The first-order chi connectivity index (χ1) is 8.19. The molecule has 2 rings (SSSR count). The lowest BCUT2D eigenvalue weighted by Crippen LogP contribution is -2.07. The first-order valence-electron chi connectivity index (χ1n) is 6.16. The molecule has 1 atom stereocenters. The van der Waals surface area contributed by atoms with Gasteiger partial charge in [-0.1, -0.05) is 20.3 Å². The molecule has 1 unspecified atom stereocenters. The van der Waals surface area contributed by atoms with Crippen LogP contribution in [0.1, 0.15) is 45.3 Å². The summed E-state index contributed by atoms with van der Waals surface area (Å²) in [6, 6.07) is 0.345. The molecule has 0 aliphatic heterocycles. The molecule has 5 heteroatoms. The first kappa shape index (κ1) is 11.8. The van der Waals surface area contributed by atoms with E-state index < -0.39 is 0 Å². The lowest BCUT2D eigenvalue weighted by molar-refractivity contribution is 0.462. The Morgan fingerprint density at radius 1 is 1.35 bits per heavy atom. The molecular weight excluding hydrogens is 214 g/mol. The summed E-state index contributed by atoms with van der Waals surface area (Å²) >= 11 is 0. The zero-order chi connectivity index (χ0) is 12.4. The highest BCUT2D eigenvalue weighted by atomic mass is 15.3. The van der Waals surface area contributed by atoms with Gasteiger partial charge in [-0.2, -0.15) is 5.10 Å². The number of nitrogens with zero attached hydrogens (tertiary/aromatic N) is 4. The number of rotatable bonds is 4. The van der Waals surface area contributed by atoms with Crippen LogP contribution in [0.15, 0.2) is 6.33 Å². The minimum atomic E-state index is 0.345. The lowest BCUT2D eigenvalue weighted by Gasteiger charge is -2.11. The van der Waals surface area contributed by atoms with Crippen molar-refractivity contribution in [2.75, 3.05) is 5.73 Å². The van der Waals surface area contributed by atoms with Gasteiger partial charge >= 0.3 is 0 Å². The number of nitrogen functional groups attached to an aromatic ring is 1. The second kappa shape index (κ2) is 4.69. The van der Waals surface area contributed by atoms with Crippen molar-refractivity contribution in [3.63, 3.8) is 0 Å². The number of anilines is 1. The second-order valence-electron chi connectivity index (χ2n) is 4.34. The number of aromatic nitrogens is 4. The van der Waals surface area contributed by atoms with Crippen molar-refractivity contribution in [1.29, 1.82) is 0 Å². The Kier molecular flexibility index (Phi) is 3.26. The van der Waals surface area contributed by atoms with Crippen molar-refractivity contribution in [3.8, 4) is 0 Å². The van der Waals surface area contributed by atoms with Gasteiger partial charge in [-0.15, -0.1) is 0 Å². The molecule has 0 saturated carbocycles. The van der Waals surface area contributed by atoms with E-state index in [9.17, 15) is 0 Å². The lowest BCUT2D eigenvalue weighted by atomic mass is 10.2. The summed E-state index contributed by atoms with van der Waals surface area (Å²) in [4.78, 5) is 8.37. The smallest absolute Gasteiger partial charge is 0.163 e. The van der Waals surface area contributed by atoms with Crippen LogP contribution < -0.4 is 5.73 Å². The topological polar surface area (TPSA) is 69.6 Å². The molecule has 2 aromatic rings. The number of hydrogen-bond donors (Lipinski definition) is 1. The fourth-order valence-electron chi connectivity index (χ4n) is 2.16. The highest BCUT2D eigenvalue weighted by molar-refractivity contribution is 5.88. The molecule has 5 nitrogen and oxygen atoms in total. The van der Waals surface area contributed by atoms with Crippen molar-refractivity contribution in [2.45, 2.75) is 46.1 Å². The van der Waals surface area contributed by atoms with E-state index >= 15 is 0 Å². The summed E-state index contributed by atoms with van der Waals surface area (Å²) in [5.41, 5.74) is 7.76. The summed E-state index contributed by atoms with van der Waals surface area (Å²) in [5, 5.41) is 5.54. The third-order valence-electron chi connectivity index (χ3n) is 3.05. The molecule has 0 fully saturated rings. The Morgan fingerprint density at radius 3 is 2.76 bits per heavy atom. The average Bonchev–Trinajstić information content (AvgIpc) is 2.69. The minimum absolute atomic E-state index is 0.345. The maximum atomic E-state index is 5.92. The van der Waals surface area contributed by atoms with E-state index in [4.69, 9.17) is 5.73 Å². The van der Waals surface area contributed by atoms with E-state index in [1.165, 1.54) is 6.33 Å². The van der Waals surface area contributed by atoms with Crippen molar-refractivity contribution < 1.29 is 0 Å². The van der Waals surface area contributed by atoms with Gasteiger partial charge in [0.2, 0.25) is 0 Å². The molecule has 0 aliphatic rings. The second-order valence-corrected chi connectivity index (χ2v) is 4.34. The predicted molar refractivity (Wildman–Crippen MR) is 68.7 cm³/mol. The standard InChI is InChI=1S/C12H19N5/c1-4-6-8(3)17-12-10(9(5-2)16-17)11(13)14-7-15-12/h7-8H,4-6H2,1-3H3,(H2,13,14,15). The molecule has 0 saturated heterocycles. The van der Waals surface area contributed by atoms with Crippen LogP contribution in [0, 0.1) is 0 Å². The van der Waals surface area contributed by atoms with Gasteiger partial charge in [0.1, 0.15) is 12.1 Å². The van der Waals surface area contributed by atoms with Crippen molar-refractivity contribution in [3.05, 3.63) is 12.0 Å². The zero-order valence-electron chi connectivity index (χ0n) is 10.6. The number of nitrogens with two attached hydrogens (primary N) is 1. The Balaban J connectivity index is 2.61. The minimum Gasteiger partial charge on any atom is -0.383 e. The molecular formula is C12H19N5. The first-order valence-corrected chi connectivity index (χ1v) is 6.16. The van der Waals surface area contributed by atoms with Crippen LogP contribution in [0.3, 0.4) is 0 Å². The van der Waals surface area contributed by atoms with E-state index in [1.54, 1.807) is 0 Å². The van der Waals surface area contributed by atoms with Crippen LogP contribution in [-0.2, 0) is 6.42 Å². The molecule has 0 bridgehead atoms. The molecule has 92 valence electrons. The fourth-order valence-corrected chi connectivity index (χ4v) is 2.16. The maximum Gasteiger partial charge on any atom is 0.163 e. The van der Waals surface area contributed by atoms with E-state index in [-0.39, 0.29) is 0 Å². The summed E-state index contributed by atoms with van der Waals surface area (Å²) in [7, 11) is 0. The van der Waals surface area contributed by atoms with Crippen LogP contribution in [0.5, 0.6) is 0 Å². The number of aryl methyl sites for hydroxylation is 1. The van der Waals surface area contributed by atoms with Crippen molar-refractivity contribution in [1.82, 2.24) is 19.7 Å². The fraction of sp³-hybridized carbons (Fsp3) is 0.583. The van der Waals surface area contributed by atoms with Gasteiger partial charge in [0.25, 0.3) is 0 Å². The SMILES string of the molecule is CCCC(C)n1nc(CC)c2c(N)ncnc21. The van der Waals surface area contributed by atoms with E-state index in [0.29, 0.717) is 11.9 Å². The quantitative estimate of drug-likeness (QED) is 0.879. The monoisotopic (exact) mass is 233 g/mol. The van der Waals surface area contributed by atoms with E-state index in [1.807, 2.05) is 4.68 Å². The van der Waals surface area contributed by atoms with Gasteiger partial charge in [-0.25, -0.2) is 14.6 Å². The van der Waals surface area contributed by atoms with E-state index in [0.717, 1.165) is 36.0 Å². The Hall–Kier alpha value is -1.65. The highest BCUT2D eigenvalue weighted by Crippen LogP contribution is 2.25. The van der Waals surface area contributed by atoms with Crippen molar-refractivity contribution >= 4 is 16.9 Å². The molecule has 0 radical (unpaired) electrons. The molecule has 2 N–H and O–H groups in total. The number of hydrogen-bond acceptors (Lipinski definition) is 4. The normalized spacial score (nSPS) is 13.1. The Labute approximate surface area is 101 Å².